The monoisotopic (exact) mass is 220 g/mol. The van der Waals surface area contributed by atoms with Crippen LogP contribution in [-0.2, 0) is 69.2 Å². The molecule has 0 rings (SSSR count). The van der Waals surface area contributed by atoms with Crippen LogP contribution in [0.1, 0.15) is 0 Å². The Balaban J connectivity index is 0. The van der Waals surface area contributed by atoms with Gasteiger partial charge in [0, 0.05) is 69.2 Å². The van der Waals surface area contributed by atoms with Crippen molar-refractivity contribution in [2.75, 3.05) is 0 Å². The molecule has 0 heterocycles. The van der Waals surface area contributed by atoms with Crippen LogP contribution in [0, 0.1) is 0 Å². The van der Waals surface area contributed by atoms with E-state index in [4.69, 9.17) is 0 Å². The van der Waals surface area contributed by atoms with Crippen LogP contribution in [0.5, 0.6) is 0 Å². The molecule has 4 heteroatoms. The van der Waals surface area contributed by atoms with Gasteiger partial charge in [-0.2, -0.15) is 0 Å². The van der Waals surface area contributed by atoms with Gasteiger partial charge in [-0.05, 0) is 0 Å². The minimum atomic E-state index is 0. The van der Waals surface area contributed by atoms with Gasteiger partial charge in [-0.25, -0.2) is 0 Å². The molecule has 0 spiro atoms. The smallest absolute Gasteiger partial charge is 0 e. The van der Waals surface area contributed by atoms with E-state index in [1.807, 2.05) is 0 Å². The second-order valence-electron chi connectivity index (χ2n) is 0. The third kappa shape index (κ3) is 8.93. The van der Waals surface area contributed by atoms with Gasteiger partial charge in [0.15, 0.2) is 0 Å². The van der Waals surface area contributed by atoms with Gasteiger partial charge in [0.05, 0.1) is 0 Å². The number of hydrogen-bond donors (Lipinski definition) is 0. The summed E-state index contributed by atoms with van der Waals surface area (Å²) in [5.41, 5.74) is 0. The summed E-state index contributed by atoms with van der Waals surface area (Å²) in [5.74, 6) is 0. The quantitative estimate of drug-likeness (QED) is 0.504. The molecule has 0 aromatic heterocycles. The van der Waals surface area contributed by atoms with Crippen LogP contribution in [-0.4, -0.2) is 0 Å². The maximum absolute atomic E-state index is 0. The van der Waals surface area contributed by atoms with Gasteiger partial charge in [-0.3, -0.25) is 0 Å². The standard InChI is InChI=1S/Co.Cr.Ni.V. The molecule has 0 saturated heterocycles. The molecule has 0 atom stereocenters. The molecule has 30 valence electrons. The molecule has 4 heavy (non-hydrogen) atoms. The molecule has 0 nitrogen and oxygen atoms in total. The summed E-state index contributed by atoms with van der Waals surface area (Å²) < 4.78 is 0. The van der Waals surface area contributed by atoms with E-state index in [0.29, 0.717) is 0 Å². The van der Waals surface area contributed by atoms with Gasteiger partial charge in [0.2, 0.25) is 0 Å². The van der Waals surface area contributed by atoms with E-state index in [2.05, 4.69) is 0 Å². The molecule has 0 aliphatic rings. The first-order valence-electron chi connectivity index (χ1n) is 0. The molecular formula is CoCrNiV. The normalized spacial score (nSPS) is 0. The predicted octanol–water partition coefficient (Wildman–Crippen LogP) is -0.0100. The van der Waals surface area contributed by atoms with Crippen LogP contribution < -0.4 is 0 Å². The first-order chi connectivity index (χ1) is 0. The minimum absolute atomic E-state index is 0. The third-order valence-corrected chi connectivity index (χ3v) is 0. The maximum atomic E-state index is 0. The summed E-state index contributed by atoms with van der Waals surface area (Å²) in [6, 6.07) is 0. The third-order valence-electron chi connectivity index (χ3n) is 0. The van der Waals surface area contributed by atoms with Crippen LogP contribution in [0.3, 0.4) is 0 Å². The van der Waals surface area contributed by atoms with E-state index in [9.17, 15) is 0 Å². The Morgan fingerprint density at radius 3 is 1.00 bits per heavy atom. The predicted molar refractivity (Wildman–Crippen MR) is 0 cm³/mol. The van der Waals surface area contributed by atoms with E-state index >= 15 is 0 Å². The fraction of sp³-hybridized carbons (Fsp3) is 0. The van der Waals surface area contributed by atoms with Gasteiger partial charge < -0.3 is 0 Å². The summed E-state index contributed by atoms with van der Waals surface area (Å²) in [4.78, 5) is 0. The molecule has 0 bridgehead atoms. The Labute approximate surface area is 68.6 Å². The molecular weight excluding hydrogens is 221 g/mol. The van der Waals surface area contributed by atoms with E-state index in [1.165, 1.54) is 0 Å². The first-order valence-corrected chi connectivity index (χ1v) is 0. The van der Waals surface area contributed by atoms with Crippen molar-refractivity contribution in [1.29, 1.82) is 0 Å². The summed E-state index contributed by atoms with van der Waals surface area (Å²) >= 11 is 0. The van der Waals surface area contributed by atoms with E-state index in [1.54, 1.807) is 0 Å². The van der Waals surface area contributed by atoms with Gasteiger partial charge >= 0.3 is 0 Å². The molecule has 0 amide bonds. The van der Waals surface area contributed by atoms with E-state index in [0.717, 1.165) is 0 Å². The summed E-state index contributed by atoms with van der Waals surface area (Å²) in [5, 5.41) is 0. The summed E-state index contributed by atoms with van der Waals surface area (Å²) in [6.07, 6.45) is 0. The molecule has 0 aromatic carbocycles. The fourth-order valence-electron chi connectivity index (χ4n) is 0. The Kier molecular flexibility index (Phi) is 173. The number of rotatable bonds is 0. The number of hydrogen-bond acceptors (Lipinski definition) is 0. The van der Waals surface area contributed by atoms with E-state index in [-0.39, 0.29) is 69.2 Å². The van der Waals surface area contributed by atoms with Crippen molar-refractivity contribution < 1.29 is 69.2 Å². The molecule has 0 aliphatic carbocycles. The second-order valence-corrected chi connectivity index (χ2v) is 0. The van der Waals surface area contributed by atoms with Crippen LogP contribution in [0.15, 0.2) is 0 Å². The van der Waals surface area contributed by atoms with Crippen molar-refractivity contribution in [3.8, 4) is 0 Å². The Hall–Kier alpha value is 2.12. The van der Waals surface area contributed by atoms with Gasteiger partial charge in [-0.1, -0.05) is 0 Å². The fourth-order valence-corrected chi connectivity index (χ4v) is 0. The van der Waals surface area contributed by atoms with Gasteiger partial charge in [0.1, 0.15) is 0 Å². The minimum Gasteiger partial charge on any atom is 0 e. The van der Waals surface area contributed by atoms with Crippen LogP contribution in [0.2, 0.25) is 0 Å². The SMILES string of the molecule is [Co].[Cr].[Ni].[V]. The van der Waals surface area contributed by atoms with Crippen LogP contribution in [0.4, 0.5) is 0 Å². The van der Waals surface area contributed by atoms with Crippen molar-refractivity contribution >= 4 is 0 Å². The van der Waals surface area contributed by atoms with Crippen molar-refractivity contribution in [2.45, 2.75) is 0 Å². The van der Waals surface area contributed by atoms with Crippen LogP contribution in [0.25, 0.3) is 0 Å². The first kappa shape index (κ1) is 35.7. The van der Waals surface area contributed by atoms with Crippen molar-refractivity contribution in [2.24, 2.45) is 0 Å². The van der Waals surface area contributed by atoms with Crippen molar-refractivity contribution in [3.05, 3.63) is 0 Å². The van der Waals surface area contributed by atoms with E-state index < -0.39 is 0 Å². The Morgan fingerprint density at radius 1 is 1.00 bits per heavy atom. The summed E-state index contributed by atoms with van der Waals surface area (Å²) in [6.45, 7) is 0. The average molecular weight is 221 g/mol. The topological polar surface area (TPSA) is 0 Å². The molecule has 0 fully saturated rings. The molecule has 0 aliphatic heterocycles. The molecule has 2 radical (unpaired) electrons. The second kappa shape index (κ2) is 19.4. The van der Waals surface area contributed by atoms with Crippen molar-refractivity contribution in [3.63, 3.8) is 0 Å². The summed E-state index contributed by atoms with van der Waals surface area (Å²) in [7, 11) is 0. The molecule has 0 aromatic rings. The largest absolute Gasteiger partial charge is 0 e. The van der Waals surface area contributed by atoms with Crippen LogP contribution >= 0.6 is 0 Å². The Morgan fingerprint density at radius 2 is 1.00 bits per heavy atom. The zero-order valence-corrected chi connectivity index (χ0v) is 6.21. The van der Waals surface area contributed by atoms with Crippen molar-refractivity contribution in [1.82, 2.24) is 0 Å². The average Bonchev–Trinajstić information content (AvgIpc) is 0. The zero-order valence-electron chi connectivity index (χ0n) is 1.51. The molecule has 0 N–H and O–H groups in total. The Bertz CT molecular complexity index is 8.00. The maximum Gasteiger partial charge on any atom is 0 e. The zero-order chi connectivity index (χ0) is 0. The molecule has 0 unspecified atom stereocenters. The van der Waals surface area contributed by atoms with Gasteiger partial charge in [0.25, 0.3) is 0 Å². The van der Waals surface area contributed by atoms with Gasteiger partial charge in [-0.15, -0.1) is 0 Å². The molecule has 0 saturated carbocycles.